The molecule has 1 aromatic heterocycles. The average molecular weight is 458 g/mol. The van der Waals surface area contributed by atoms with Gasteiger partial charge in [-0.3, -0.25) is 14.5 Å². The van der Waals surface area contributed by atoms with Gasteiger partial charge in [-0.2, -0.15) is 0 Å². The molecule has 34 heavy (non-hydrogen) atoms. The van der Waals surface area contributed by atoms with E-state index in [9.17, 15) is 9.59 Å². The predicted octanol–water partition coefficient (Wildman–Crippen LogP) is 3.62. The van der Waals surface area contributed by atoms with E-state index in [1.807, 2.05) is 49.4 Å². The fourth-order valence-corrected chi connectivity index (χ4v) is 4.43. The molecule has 0 saturated carbocycles. The smallest absolute Gasteiger partial charge is 0.253 e. The predicted molar refractivity (Wildman–Crippen MR) is 133 cm³/mol. The monoisotopic (exact) mass is 457 g/mol. The van der Waals surface area contributed by atoms with Gasteiger partial charge in [-0.25, -0.2) is 4.98 Å². The Kier molecular flexibility index (Phi) is 6.93. The summed E-state index contributed by atoms with van der Waals surface area (Å²) in [6.07, 6.45) is 3.57. The Hall–Kier alpha value is -3.71. The standard InChI is InChI=1S/C27H31N5O2/c1-18-24(30-17-29-18)16-32-13-11-20(12-14-32)25(22-5-4-6-23(15-22)26(28)33)19-7-9-21(10-8-19)27(34)31(2)3/h4-10,15,17H,11-14,16H2,1-3H3,(H2,28,33)(H,29,30). The first-order valence-corrected chi connectivity index (χ1v) is 11.5. The van der Waals surface area contributed by atoms with Crippen molar-refractivity contribution in [1.82, 2.24) is 19.8 Å². The van der Waals surface area contributed by atoms with Crippen molar-refractivity contribution in [2.75, 3.05) is 27.2 Å². The molecule has 4 rings (SSSR count). The van der Waals surface area contributed by atoms with Crippen LogP contribution in [0, 0.1) is 6.92 Å². The molecule has 176 valence electrons. The van der Waals surface area contributed by atoms with E-state index in [4.69, 9.17) is 5.73 Å². The summed E-state index contributed by atoms with van der Waals surface area (Å²) in [4.78, 5) is 35.8. The Balaban J connectivity index is 1.66. The van der Waals surface area contributed by atoms with Gasteiger partial charge in [-0.1, -0.05) is 29.8 Å². The number of aromatic amines is 1. The van der Waals surface area contributed by atoms with E-state index in [-0.39, 0.29) is 5.91 Å². The molecule has 2 aromatic carbocycles. The van der Waals surface area contributed by atoms with Crippen LogP contribution in [0.1, 0.15) is 56.1 Å². The van der Waals surface area contributed by atoms with E-state index in [2.05, 4.69) is 14.9 Å². The quantitative estimate of drug-likeness (QED) is 0.591. The number of piperidine rings is 1. The number of carbonyl (C=O) groups is 2. The van der Waals surface area contributed by atoms with Crippen LogP contribution in [0.5, 0.6) is 0 Å². The summed E-state index contributed by atoms with van der Waals surface area (Å²) in [5.41, 5.74) is 13.3. The molecular formula is C27H31N5O2. The van der Waals surface area contributed by atoms with Gasteiger partial charge >= 0.3 is 0 Å². The first-order chi connectivity index (χ1) is 16.3. The summed E-state index contributed by atoms with van der Waals surface area (Å²) in [5.74, 6) is -0.472. The molecule has 0 aliphatic carbocycles. The van der Waals surface area contributed by atoms with Crippen LogP contribution in [0.2, 0.25) is 0 Å². The summed E-state index contributed by atoms with van der Waals surface area (Å²) in [5, 5.41) is 0. The fraction of sp³-hybridized carbons (Fsp3) is 0.296. The summed E-state index contributed by atoms with van der Waals surface area (Å²) in [6, 6.07) is 15.2. The lowest BCUT2D eigenvalue weighted by Crippen LogP contribution is -2.31. The van der Waals surface area contributed by atoms with Crippen molar-refractivity contribution in [3.05, 3.63) is 94.1 Å². The third-order valence-corrected chi connectivity index (χ3v) is 6.38. The van der Waals surface area contributed by atoms with Crippen LogP contribution >= 0.6 is 0 Å². The molecular weight excluding hydrogens is 426 g/mol. The number of nitrogens with two attached hydrogens (primary N) is 1. The van der Waals surface area contributed by atoms with Gasteiger partial charge in [0.05, 0.1) is 12.0 Å². The number of benzene rings is 2. The second-order valence-electron chi connectivity index (χ2n) is 8.95. The van der Waals surface area contributed by atoms with Gasteiger partial charge in [-0.05, 0) is 60.7 Å². The Morgan fingerprint density at radius 2 is 1.65 bits per heavy atom. The number of amides is 2. The number of likely N-dealkylation sites (tertiary alicyclic amines) is 1. The highest BCUT2D eigenvalue weighted by molar-refractivity contribution is 5.96. The normalized spacial score (nSPS) is 14.1. The maximum Gasteiger partial charge on any atom is 0.253 e. The first kappa shape index (κ1) is 23.4. The number of primary amides is 1. The molecule has 1 saturated heterocycles. The van der Waals surface area contributed by atoms with Crippen LogP contribution in [0.15, 0.2) is 60.4 Å². The first-order valence-electron chi connectivity index (χ1n) is 11.5. The zero-order chi connectivity index (χ0) is 24.2. The molecule has 0 atom stereocenters. The minimum absolute atomic E-state index is 0.0292. The van der Waals surface area contributed by atoms with E-state index >= 15 is 0 Å². The highest BCUT2D eigenvalue weighted by Gasteiger charge is 2.21. The molecule has 0 bridgehead atoms. The lowest BCUT2D eigenvalue weighted by atomic mass is 9.87. The van der Waals surface area contributed by atoms with Gasteiger partial charge in [0.25, 0.3) is 5.91 Å². The van der Waals surface area contributed by atoms with Crippen molar-refractivity contribution in [2.45, 2.75) is 26.3 Å². The number of nitrogens with zero attached hydrogens (tertiary/aromatic N) is 3. The van der Waals surface area contributed by atoms with Crippen molar-refractivity contribution in [3.63, 3.8) is 0 Å². The Bertz CT molecular complexity index is 1210. The largest absolute Gasteiger partial charge is 0.366 e. The lowest BCUT2D eigenvalue weighted by molar-refractivity contribution is 0.0827. The van der Waals surface area contributed by atoms with Crippen molar-refractivity contribution in [3.8, 4) is 0 Å². The highest BCUT2D eigenvalue weighted by Crippen LogP contribution is 2.33. The van der Waals surface area contributed by atoms with Gasteiger partial charge in [-0.15, -0.1) is 0 Å². The topological polar surface area (TPSA) is 95.3 Å². The number of nitrogens with one attached hydrogen (secondary N) is 1. The minimum Gasteiger partial charge on any atom is -0.366 e. The molecule has 0 spiro atoms. The Morgan fingerprint density at radius 1 is 1.00 bits per heavy atom. The van der Waals surface area contributed by atoms with Crippen molar-refractivity contribution < 1.29 is 9.59 Å². The molecule has 2 amide bonds. The van der Waals surface area contributed by atoms with Crippen molar-refractivity contribution >= 4 is 17.4 Å². The second-order valence-corrected chi connectivity index (χ2v) is 8.95. The number of carbonyl (C=O) groups excluding carboxylic acids is 2. The van der Waals surface area contributed by atoms with Gasteiger partial charge < -0.3 is 15.6 Å². The Morgan fingerprint density at radius 3 is 2.24 bits per heavy atom. The van der Waals surface area contributed by atoms with Crippen LogP contribution in [-0.2, 0) is 6.54 Å². The Labute approximate surface area is 200 Å². The summed E-state index contributed by atoms with van der Waals surface area (Å²) < 4.78 is 0. The van der Waals surface area contributed by atoms with Crippen molar-refractivity contribution in [1.29, 1.82) is 0 Å². The lowest BCUT2D eigenvalue weighted by Gasteiger charge is -2.30. The summed E-state index contributed by atoms with van der Waals surface area (Å²) in [6.45, 7) is 4.73. The number of hydrogen-bond donors (Lipinski definition) is 2. The maximum atomic E-state index is 12.4. The molecule has 2 heterocycles. The number of imidazole rings is 1. The number of hydrogen-bond acceptors (Lipinski definition) is 4. The molecule has 7 nitrogen and oxygen atoms in total. The molecule has 1 aliphatic heterocycles. The van der Waals surface area contributed by atoms with Crippen molar-refractivity contribution in [2.24, 2.45) is 5.73 Å². The van der Waals surface area contributed by atoms with E-state index in [0.29, 0.717) is 11.1 Å². The molecule has 3 N–H and O–H groups in total. The number of aryl methyl sites for hydroxylation is 1. The molecule has 1 fully saturated rings. The van der Waals surface area contributed by atoms with Crippen LogP contribution in [-0.4, -0.2) is 58.8 Å². The maximum absolute atomic E-state index is 12.4. The second kappa shape index (κ2) is 10.1. The SMILES string of the molecule is Cc1[nH]cnc1CN1CCC(=C(c2ccc(C(=O)N(C)C)cc2)c2cccc(C(N)=O)c2)CC1. The zero-order valence-corrected chi connectivity index (χ0v) is 20.0. The van der Waals surface area contributed by atoms with Gasteiger partial charge in [0.15, 0.2) is 0 Å². The van der Waals surface area contributed by atoms with Crippen LogP contribution < -0.4 is 5.73 Å². The number of H-pyrrole nitrogens is 1. The van der Waals surface area contributed by atoms with Crippen LogP contribution in [0.25, 0.3) is 5.57 Å². The van der Waals surface area contributed by atoms with E-state index in [0.717, 1.165) is 60.6 Å². The van der Waals surface area contributed by atoms with E-state index in [1.54, 1.807) is 31.4 Å². The van der Waals surface area contributed by atoms with Crippen LogP contribution in [0.4, 0.5) is 0 Å². The summed E-state index contributed by atoms with van der Waals surface area (Å²) in [7, 11) is 3.49. The third kappa shape index (κ3) is 5.10. The molecule has 0 radical (unpaired) electrons. The highest BCUT2D eigenvalue weighted by atomic mass is 16.2. The fourth-order valence-electron chi connectivity index (χ4n) is 4.43. The molecule has 3 aromatic rings. The minimum atomic E-state index is -0.442. The van der Waals surface area contributed by atoms with E-state index < -0.39 is 5.91 Å². The number of rotatable bonds is 6. The van der Waals surface area contributed by atoms with Gasteiger partial charge in [0, 0.05) is 50.6 Å². The average Bonchev–Trinajstić information content (AvgIpc) is 3.24. The molecule has 7 heteroatoms. The van der Waals surface area contributed by atoms with E-state index in [1.165, 1.54) is 5.57 Å². The van der Waals surface area contributed by atoms with Gasteiger partial charge in [0.1, 0.15) is 0 Å². The number of aromatic nitrogens is 2. The van der Waals surface area contributed by atoms with Crippen LogP contribution in [0.3, 0.4) is 0 Å². The van der Waals surface area contributed by atoms with Gasteiger partial charge in [0.2, 0.25) is 5.91 Å². The summed E-state index contributed by atoms with van der Waals surface area (Å²) >= 11 is 0. The molecule has 1 aliphatic rings. The zero-order valence-electron chi connectivity index (χ0n) is 20.0. The molecule has 0 unspecified atom stereocenters. The third-order valence-electron chi connectivity index (χ3n) is 6.38.